The molecule has 2 aliphatic carbocycles. The molecular formula is C52H61Cl2F3SiZr. The summed E-state index contributed by atoms with van der Waals surface area (Å²) in [7, 11) is 10.3. The van der Waals surface area contributed by atoms with Crippen LogP contribution in [0.25, 0.3) is 43.8 Å². The van der Waals surface area contributed by atoms with Gasteiger partial charge in [-0.2, -0.15) is 25.3 Å². The molecule has 6 aromatic rings. The Kier molecular flexibility index (Phi) is 20.1. The van der Waals surface area contributed by atoms with Crippen molar-refractivity contribution in [1.82, 2.24) is 0 Å². The molecule has 6 aromatic carbocycles. The Labute approximate surface area is 373 Å². The zero-order chi connectivity index (χ0) is 42.0. The van der Waals surface area contributed by atoms with E-state index in [1.54, 1.807) is 6.55 Å². The third-order valence-electron chi connectivity index (χ3n) is 11.9. The van der Waals surface area contributed by atoms with Gasteiger partial charge in [0.15, 0.2) is 0 Å². The van der Waals surface area contributed by atoms with E-state index in [-0.39, 0.29) is 6.04 Å². The molecule has 0 aromatic heterocycles. The Bertz CT molecular complexity index is 1940. The first-order chi connectivity index (χ1) is 28.6. The van der Waals surface area contributed by atoms with Crippen LogP contribution < -0.4 is 0 Å². The molecule has 2 fully saturated rings. The van der Waals surface area contributed by atoms with Crippen LogP contribution in [-0.4, -0.2) is 15.7 Å². The predicted molar refractivity (Wildman–Crippen MR) is 248 cm³/mol. The van der Waals surface area contributed by atoms with Crippen molar-refractivity contribution in [3.8, 4) is 22.3 Å². The van der Waals surface area contributed by atoms with Gasteiger partial charge >= 0.3 is 44.1 Å². The van der Waals surface area contributed by atoms with E-state index < -0.39 is 33.4 Å². The standard InChI is InChI=1S/2C24H27.C4H7F3Si.2ClH.Zr/c2*1-2-6-18-11-13-21(14-12-18)23-10-5-9-22-16-20(17-24(22)23)15-19-7-3-4-8-19;1-8-3-2-4(5,6)7;;;/h2*5,9-14,16-17,19H,2-4,6-8,15H2,1H3;2-3H2,1H3;2*1H;/q2*-1;;;;+4/p-2. The summed E-state index contributed by atoms with van der Waals surface area (Å²) >= 11 is -0.826. The van der Waals surface area contributed by atoms with Crippen molar-refractivity contribution < 1.29 is 34.0 Å². The van der Waals surface area contributed by atoms with Crippen molar-refractivity contribution in [1.29, 1.82) is 0 Å². The fourth-order valence-corrected chi connectivity index (χ4v) is 9.51. The monoisotopic (exact) mass is 930 g/mol. The molecule has 0 aliphatic heterocycles. The third-order valence-corrected chi connectivity index (χ3v) is 12.6. The van der Waals surface area contributed by atoms with Crippen LogP contribution in [0.5, 0.6) is 0 Å². The number of benzene rings is 4. The van der Waals surface area contributed by atoms with Gasteiger partial charge in [0.1, 0.15) is 0 Å². The van der Waals surface area contributed by atoms with Gasteiger partial charge in [0.25, 0.3) is 0 Å². The van der Waals surface area contributed by atoms with Crippen LogP contribution in [-0.2, 0) is 46.5 Å². The molecule has 2 aliphatic rings. The number of rotatable bonds is 12. The number of alkyl halides is 3. The van der Waals surface area contributed by atoms with E-state index in [4.69, 9.17) is 17.0 Å². The summed E-state index contributed by atoms with van der Waals surface area (Å²) in [5.41, 5.74) is 11.4. The summed E-state index contributed by atoms with van der Waals surface area (Å²) in [6, 6.07) is 41.9. The summed E-state index contributed by atoms with van der Waals surface area (Å²) < 4.78 is 33.7. The first kappa shape index (κ1) is 47.6. The van der Waals surface area contributed by atoms with Crippen LogP contribution in [0, 0.1) is 11.8 Å². The Balaban J connectivity index is 0.000000180. The van der Waals surface area contributed by atoms with Crippen LogP contribution in [0.3, 0.4) is 0 Å². The zero-order valence-electron chi connectivity index (χ0n) is 35.3. The summed E-state index contributed by atoms with van der Waals surface area (Å²) in [5, 5.41) is 5.65. The van der Waals surface area contributed by atoms with E-state index in [2.05, 4.69) is 123 Å². The summed E-state index contributed by atoms with van der Waals surface area (Å²) in [5.74, 6) is 1.83. The first-order valence-electron chi connectivity index (χ1n) is 21.9. The van der Waals surface area contributed by atoms with E-state index in [1.807, 2.05) is 0 Å². The molecule has 0 unspecified atom stereocenters. The molecule has 0 N–H and O–H groups in total. The zero-order valence-corrected chi connectivity index (χ0v) is 40.2. The van der Waals surface area contributed by atoms with Gasteiger partial charge in [-0.05, 0) is 59.8 Å². The van der Waals surface area contributed by atoms with Crippen molar-refractivity contribution in [2.45, 2.75) is 129 Å². The maximum atomic E-state index is 11.2. The Morgan fingerprint density at radius 2 is 1.02 bits per heavy atom. The molecule has 59 heavy (non-hydrogen) atoms. The average Bonchev–Trinajstić information content (AvgIpc) is 4.07. The van der Waals surface area contributed by atoms with E-state index in [0.29, 0.717) is 9.52 Å². The minimum atomic E-state index is -3.94. The van der Waals surface area contributed by atoms with Gasteiger partial charge in [-0.3, -0.25) is 0 Å². The van der Waals surface area contributed by atoms with Crippen LogP contribution in [0.15, 0.2) is 109 Å². The van der Waals surface area contributed by atoms with Gasteiger partial charge in [-0.25, -0.2) is 0 Å². The summed E-state index contributed by atoms with van der Waals surface area (Å²) in [6.45, 7) is 6.25. The molecule has 0 bridgehead atoms. The van der Waals surface area contributed by atoms with Crippen LogP contribution in [0.1, 0.15) is 107 Å². The van der Waals surface area contributed by atoms with Crippen LogP contribution in [0.4, 0.5) is 13.2 Å². The van der Waals surface area contributed by atoms with Crippen LogP contribution in [0.2, 0.25) is 12.6 Å². The van der Waals surface area contributed by atoms with E-state index in [0.717, 1.165) is 11.8 Å². The molecule has 2 radical (unpaired) electrons. The molecule has 7 heteroatoms. The predicted octanol–water partition coefficient (Wildman–Crippen LogP) is 17.3. The molecule has 8 rings (SSSR count). The van der Waals surface area contributed by atoms with Crippen molar-refractivity contribution in [3.63, 3.8) is 0 Å². The normalized spacial score (nSPS) is 14.3. The van der Waals surface area contributed by atoms with Gasteiger partial charge in [-0.1, -0.05) is 162 Å². The van der Waals surface area contributed by atoms with E-state index in [9.17, 15) is 13.2 Å². The van der Waals surface area contributed by atoms with Crippen molar-refractivity contribution in [2.75, 3.05) is 0 Å². The van der Waals surface area contributed by atoms with E-state index >= 15 is 0 Å². The summed E-state index contributed by atoms with van der Waals surface area (Å²) in [6.07, 6.45) is 14.2. The minimum absolute atomic E-state index is 0.281. The topological polar surface area (TPSA) is 0 Å². The molecule has 0 saturated heterocycles. The molecule has 2 saturated carbocycles. The number of aryl methyl sites for hydroxylation is 2. The van der Waals surface area contributed by atoms with Gasteiger partial charge in [0.2, 0.25) is 0 Å². The van der Waals surface area contributed by atoms with Crippen LogP contribution >= 0.6 is 17.0 Å². The second kappa shape index (κ2) is 24.9. The average molecular weight is 933 g/mol. The molecule has 0 heterocycles. The second-order valence-electron chi connectivity index (χ2n) is 16.5. The Morgan fingerprint density at radius 1 is 0.627 bits per heavy atom. The molecule has 312 valence electrons. The van der Waals surface area contributed by atoms with Crippen molar-refractivity contribution >= 4 is 48.1 Å². The third kappa shape index (κ3) is 15.2. The molecule has 0 atom stereocenters. The first-order valence-corrected chi connectivity index (χ1v) is 29.9. The van der Waals surface area contributed by atoms with Gasteiger partial charge in [-0.15, -0.1) is 69.1 Å². The van der Waals surface area contributed by atoms with Gasteiger partial charge in [0, 0.05) is 15.9 Å². The van der Waals surface area contributed by atoms with E-state index in [1.165, 1.54) is 156 Å². The van der Waals surface area contributed by atoms with Gasteiger partial charge < -0.3 is 0 Å². The number of halogens is 5. The fourth-order valence-electron chi connectivity index (χ4n) is 8.97. The number of hydrogen-bond donors (Lipinski definition) is 0. The molecule has 0 spiro atoms. The Morgan fingerprint density at radius 3 is 1.34 bits per heavy atom. The fraction of sp³-hybridized carbons (Fsp3) is 0.423. The second-order valence-corrected chi connectivity index (χ2v) is 21.4. The molecule has 0 nitrogen and oxygen atoms in total. The molecular weight excluding hydrogens is 872 g/mol. The summed E-state index contributed by atoms with van der Waals surface area (Å²) in [4.78, 5) is 0. The number of fused-ring (bicyclic) bond motifs is 2. The van der Waals surface area contributed by atoms with Gasteiger partial charge in [0.05, 0.1) is 0 Å². The van der Waals surface area contributed by atoms with Crippen molar-refractivity contribution in [3.05, 3.63) is 131 Å². The Hall–Kier alpha value is -2.43. The SMILES string of the molecule is CCCc1ccc(-c2cccc3[cH-]c(CC4CCCC4)cc23)cc1.CCCc1ccc(-c2cccc3[cH-]c(CC4CCCC4)cc23)cc1.C[Si]CCC(F)(F)F.[Cl][Zr+2][Cl]. The molecule has 0 amide bonds. The quantitative estimate of drug-likeness (QED) is 0.0847. The maximum absolute atomic E-state index is 11.2. The van der Waals surface area contributed by atoms with Crippen molar-refractivity contribution in [2.24, 2.45) is 11.8 Å². The number of hydrogen-bond acceptors (Lipinski definition) is 0.